The molecule has 7 heteroatoms. The van der Waals surface area contributed by atoms with Crippen LogP contribution in [0.5, 0.6) is 0 Å². The van der Waals surface area contributed by atoms with Crippen LogP contribution in [0.25, 0.3) is 0 Å². The van der Waals surface area contributed by atoms with Gasteiger partial charge >= 0.3 is 5.97 Å². The van der Waals surface area contributed by atoms with Crippen LogP contribution in [0.4, 0.5) is 0 Å². The van der Waals surface area contributed by atoms with Gasteiger partial charge in [0.15, 0.2) is 6.61 Å². The van der Waals surface area contributed by atoms with Crippen molar-refractivity contribution < 1.29 is 22.7 Å². The SMILES string of the molecule is Cc1cc(C)c(C(=O)COC(=O)c2ccc(S(=O)(=O)N(C)C)cc2)cc1C. The summed E-state index contributed by atoms with van der Waals surface area (Å²) in [5, 5.41) is 0. The molecule has 0 spiro atoms. The first-order chi connectivity index (χ1) is 12.5. The van der Waals surface area contributed by atoms with Crippen LogP contribution in [0.15, 0.2) is 41.3 Å². The van der Waals surface area contributed by atoms with Crippen molar-refractivity contribution in [1.82, 2.24) is 4.31 Å². The van der Waals surface area contributed by atoms with E-state index in [4.69, 9.17) is 4.74 Å². The second-order valence-corrected chi connectivity index (χ2v) is 8.71. The van der Waals surface area contributed by atoms with Gasteiger partial charge in [-0.15, -0.1) is 0 Å². The van der Waals surface area contributed by atoms with Crippen molar-refractivity contribution >= 4 is 21.8 Å². The summed E-state index contributed by atoms with van der Waals surface area (Å²) in [5.74, 6) is -0.964. The number of rotatable bonds is 6. The molecule has 0 unspecified atom stereocenters. The zero-order valence-electron chi connectivity index (χ0n) is 16.1. The zero-order valence-corrected chi connectivity index (χ0v) is 16.9. The monoisotopic (exact) mass is 389 g/mol. The number of esters is 1. The highest BCUT2D eigenvalue weighted by Crippen LogP contribution is 2.17. The van der Waals surface area contributed by atoms with Crippen molar-refractivity contribution in [2.24, 2.45) is 0 Å². The lowest BCUT2D eigenvalue weighted by molar-refractivity contribution is 0.0474. The molecule has 27 heavy (non-hydrogen) atoms. The van der Waals surface area contributed by atoms with Crippen LogP contribution < -0.4 is 0 Å². The largest absolute Gasteiger partial charge is 0.454 e. The molecule has 0 fully saturated rings. The van der Waals surface area contributed by atoms with Crippen LogP contribution in [-0.4, -0.2) is 45.2 Å². The molecule has 0 aliphatic heterocycles. The Morgan fingerprint density at radius 1 is 0.926 bits per heavy atom. The molecule has 2 aromatic rings. The van der Waals surface area contributed by atoms with Crippen LogP contribution >= 0.6 is 0 Å². The molecular weight excluding hydrogens is 366 g/mol. The second-order valence-electron chi connectivity index (χ2n) is 6.56. The van der Waals surface area contributed by atoms with Gasteiger partial charge in [-0.1, -0.05) is 6.07 Å². The highest BCUT2D eigenvalue weighted by atomic mass is 32.2. The molecular formula is C20H23NO5S. The summed E-state index contributed by atoms with van der Waals surface area (Å²) < 4.78 is 30.2. The molecule has 0 heterocycles. The van der Waals surface area contributed by atoms with Gasteiger partial charge in [-0.2, -0.15) is 0 Å². The first kappa shape index (κ1) is 20.8. The number of Topliss-reactive ketones (excluding diaryl/α,β-unsaturated/α-hetero) is 1. The number of benzene rings is 2. The minimum absolute atomic E-state index is 0.0749. The second kappa shape index (κ2) is 8.02. The molecule has 0 aliphatic rings. The van der Waals surface area contributed by atoms with Crippen LogP contribution in [-0.2, 0) is 14.8 Å². The summed E-state index contributed by atoms with van der Waals surface area (Å²) >= 11 is 0. The highest BCUT2D eigenvalue weighted by molar-refractivity contribution is 7.89. The average Bonchev–Trinajstić information content (AvgIpc) is 2.62. The van der Waals surface area contributed by atoms with E-state index in [1.807, 2.05) is 26.8 Å². The maximum Gasteiger partial charge on any atom is 0.338 e. The van der Waals surface area contributed by atoms with Crippen LogP contribution in [0, 0.1) is 20.8 Å². The molecule has 0 bridgehead atoms. The summed E-state index contributed by atoms with van der Waals surface area (Å²) in [4.78, 5) is 24.6. The Morgan fingerprint density at radius 3 is 2.04 bits per heavy atom. The molecule has 144 valence electrons. The zero-order chi connectivity index (χ0) is 20.4. The van der Waals surface area contributed by atoms with Gasteiger partial charge in [-0.25, -0.2) is 17.5 Å². The van der Waals surface area contributed by atoms with E-state index >= 15 is 0 Å². The Hall–Kier alpha value is -2.51. The Kier molecular flexibility index (Phi) is 6.18. The molecule has 0 radical (unpaired) electrons. The third-order valence-corrected chi connectivity index (χ3v) is 6.17. The van der Waals surface area contributed by atoms with Gasteiger partial charge in [0.1, 0.15) is 0 Å². The minimum atomic E-state index is -3.57. The Balaban J connectivity index is 2.08. The number of ketones is 1. The molecule has 0 amide bonds. The number of ether oxygens (including phenoxy) is 1. The van der Waals surface area contributed by atoms with Gasteiger partial charge in [-0.05, 0) is 67.8 Å². The van der Waals surface area contributed by atoms with Crippen molar-refractivity contribution in [3.8, 4) is 0 Å². The quantitative estimate of drug-likeness (QED) is 0.561. The lowest BCUT2D eigenvalue weighted by atomic mass is 9.98. The van der Waals surface area contributed by atoms with E-state index in [0.717, 1.165) is 21.0 Å². The van der Waals surface area contributed by atoms with Crippen molar-refractivity contribution in [3.05, 3.63) is 64.2 Å². The summed E-state index contributed by atoms with van der Waals surface area (Å²) in [7, 11) is -0.709. The first-order valence-electron chi connectivity index (χ1n) is 8.35. The number of hydrogen-bond donors (Lipinski definition) is 0. The standard InChI is InChI=1S/C20H23NO5S/c1-13-10-15(3)18(11-14(13)2)19(22)12-26-20(23)16-6-8-17(9-7-16)27(24,25)21(4)5/h6-11H,12H2,1-5H3. The molecule has 0 saturated carbocycles. The normalized spacial score (nSPS) is 11.5. The van der Waals surface area contributed by atoms with Crippen LogP contribution in [0.1, 0.15) is 37.4 Å². The predicted octanol–water partition coefficient (Wildman–Crippen LogP) is 2.90. The molecule has 0 N–H and O–H groups in total. The van der Waals surface area contributed by atoms with Gasteiger partial charge in [0.25, 0.3) is 0 Å². The first-order valence-corrected chi connectivity index (χ1v) is 9.79. The smallest absolute Gasteiger partial charge is 0.338 e. The molecule has 0 atom stereocenters. The van der Waals surface area contributed by atoms with E-state index < -0.39 is 16.0 Å². The maximum atomic E-state index is 12.4. The fourth-order valence-corrected chi connectivity index (χ4v) is 3.43. The molecule has 0 aliphatic carbocycles. The van der Waals surface area contributed by atoms with E-state index in [1.165, 1.54) is 38.4 Å². The van der Waals surface area contributed by atoms with Gasteiger partial charge < -0.3 is 4.74 Å². The fourth-order valence-electron chi connectivity index (χ4n) is 2.53. The summed E-state index contributed by atoms with van der Waals surface area (Å²) in [6.45, 7) is 5.35. The Morgan fingerprint density at radius 2 is 1.48 bits per heavy atom. The van der Waals surface area contributed by atoms with E-state index in [9.17, 15) is 18.0 Å². The van der Waals surface area contributed by atoms with Crippen molar-refractivity contribution in [1.29, 1.82) is 0 Å². The Bertz CT molecular complexity index is 976. The molecule has 2 aromatic carbocycles. The minimum Gasteiger partial charge on any atom is -0.454 e. The van der Waals surface area contributed by atoms with E-state index in [0.29, 0.717) is 5.56 Å². The van der Waals surface area contributed by atoms with Crippen LogP contribution in [0.2, 0.25) is 0 Å². The van der Waals surface area contributed by atoms with Gasteiger partial charge in [0.2, 0.25) is 15.8 Å². The number of sulfonamides is 1. The fraction of sp³-hybridized carbons (Fsp3) is 0.300. The lowest BCUT2D eigenvalue weighted by Gasteiger charge is -2.12. The van der Waals surface area contributed by atoms with Crippen LogP contribution in [0.3, 0.4) is 0 Å². The van der Waals surface area contributed by atoms with E-state index in [2.05, 4.69) is 0 Å². The number of hydrogen-bond acceptors (Lipinski definition) is 5. The van der Waals surface area contributed by atoms with E-state index in [1.54, 1.807) is 6.07 Å². The van der Waals surface area contributed by atoms with Crippen molar-refractivity contribution in [2.75, 3.05) is 20.7 Å². The van der Waals surface area contributed by atoms with E-state index in [-0.39, 0.29) is 22.8 Å². The molecule has 6 nitrogen and oxygen atoms in total. The molecule has 0 aromatic heterocycles. The summed E-state index contributed by atoms with van der Waals surface area (Å²) in [6.07, 6.45) is 0. The van der Waals surface area contributed by atoms with Gasteiger partial charge in [0.05, 0.1) is 10.5 Å². The van der Waals surface area contributed by atoms with Crippen molar-refractivity contribution in [2.45, 2.75) is 25.7 Å². The van der Waals surface area contributed by atoms with Gasteiger partial charge in [-0.3, -0.25) is 4.79 Å². The maximum absolute atomic E-state index is 12.4. The number of nitrogens with zero attached hydrogens (tertiary/aromatic N) is 1. The third kappa shape index (κ3) is 4.61. The third-order valence-electron chi connectivity index (χ3n) is 4.34. The van der Waals surface area contributed by atoms with Crippen molar-refractivity contribution in [3.63, 3.8) is 0 Å². The summed E-state index contributed by atoms with van der Waals surface area (Å²) in [5.41, 5.74) is 3.62. The lowest BCUT2D eigenvalue weighted by Crippen LogP contribution is -2.22. The molecule has 2 rings (SSSR count). The number of aryl methyl sites for hydroxylation is 3. The predicted molar refractivity (Wildman–Crippen MR) is 103 cm³/mol. The highest BCUT2D eigenvalue weighted by Gasteiger charge is 2.19. The summed E-state index contributed by atoms with van der Waals surface area (Å²) in [6, 6.07) is 9.12. The number of carbonyl (C=O) groups is 2. The Labute approximate surface area is 159 Å². The average molecular weight is 389 g/mol. The molecule has 0 saturated heterocycles. The number of carbonyl (C=O) groups excluding carboxylic acids is 2. The topological polar surface area (TPSA) is 80.8 Å². The van der Waals surface area contributed by atoms with Gasteiger partial charge in [0, 0.05) is 19.7 Å².